The molecule has 0 bridgehead atoms. The van der Waals surface area contributed by atoms with E-state index in [4.69, 9.17) is 9.26 Å². The minimum atomic E-state index is -0.401. The first-order chi connectivity index (χ1) is 11.3. The Kier molecular flexibility index (Phi) is 11.3. The van der Waals surface area contributed by atoms with Crippen LogP contribution >= 0.6 is 0 Å². The average Bonchev–Trinajstić information content (AvgIpc) is 3.02. The van der Waals surface area contributed by atoms with Crippen LogP contribution in [0.4, 0.5) is 0 Å². The van der Waals surface area contributed by atoms with E-state index in [9.17, 15) is 4.79 Å². The monoisotopic (exact) mass is 323 g/mol. The Labute approximate surface area is 141 Å². The van der Waals surface area contributed by atoms with E-state index in [0.29, 0.717) is 6.61 Å². The summed E-state index contributed by atoms with van der Waals surface area (Å²) in [7, 11) is 0. The molecule has 1 aromatic rings. The van der Waals surface area contributed by atoms with Gasteiger partial charge in [0.05, 0.1) is 6.61 Å². The highest BCUT2D eigenvalue weighted by Crippen LogP contribution is 2.13. The number of unbranched alkanes of at least 4 members (excludes halogenated alkanes) is 10. The second-order valence-corrected chi connectivity index (χ2v) is 6.18. The van der Waals surface area contributed by atoms with Crippen molar-refractivity contribution in [2.24, 2.45) is 0 Å². The molecule has 0 atom stereocenters. The Morgan fingerprint density at radius 2 is 1.52 bits per heavy atom. The second kappa shape index (κ2) is 13.1. The fourth-order valence-corrected chi connectivity index (χ4v) is 2.70. The van der Waals surface area contributed by atoms with Gasteiger partial charge in [-0.1, -0.05) is 76.3 Å². The highest BCUT2D eigenvalue weighted by atomic mass is 16.5. The Balaban J connectivity index is 1.96. The van der Waals surface area contributed by atoms with Crippen molar-refractivity contribution in [2.75, 3.05) is 6.61 Å². The van der Waals surface area contributed by atoms with Crippen molar-refractivity contribution >= 4 is 5.97 Å². The third-order valence-corrected chi connectivity index (χ3v) is 4.07. The molecule has 0 N–H and O–H groups in total. The van der Waals surface area contributed by atoms with Crippen LogP contribution in [0, 0.1) is 0 Å². The van der Waals surface area contributed by atoms with Crippen LogP contribution in [0.15, 0.2) is 10.6 Å². The molecule has 132 valence electrons. The lowest BCUT2D eigenvalue weighted by atomic mass is 10.0. The molecule has 0 aliphatic carbocycles. The number of carbonyl (C=O) groups is 1. The smallest absolute Gasteiger partial charge is 0.360 e. The topological polar surface area (TPSA) is 52.3 Å². The van der Waals surface area contributed by atoms with E-state index in [-0.39, 0.29) is 5.69 Å². The minimum absolute atomic E-state index is 0.282. The molecule has 1 rings (SSSR count). The molecule has 1 heterocycles. The van der Waals surface area contributed by atoms with Gasteiger partial charge in [0.1, 0.15) is 5.76 Å². The van der Waals surface area contributed by atoms with Crippen LogP contribution in [0.25, 0.3) is 0 Å². The van der Waals surface area contributed by atoms with E-state index >= 15 is 0 Å². The van der Waals surface area contributed by atoms with Crippen molar-refractivity contribution in [2.45, 2.75) is 90.9 Å². The van der Waals surface area contributed by atoms with Gasteiger partial charge < -0.3 is 9.26 Å². The van der Waals surface area contributed by atoms with Gasteiger partial charge >= 0.3 is 5.97 Å². The third-order valence-electron chi connectivity index (χ3n) is 4.07. The number of aryl methyl sites for hydroxylation is 1. The van der Waals surface area contributed by atoms with Crippen LogP contribution in [0.2, 0.25) is 0 Å². The molecule has 0 aliphatic rings. The van der Waals surface area contributed by atoms with E-state index in [1.807, 2.05) is 0 Å². The van der Waals surface area contributed by atoms with Crippen LogP contribution in [-0.4, -0.2) is 17.7 Å². The molecular formula is C19H33NO3. The fourth-order valence-electron chi connectivity index (χ4n) is 2.70. The fraction of sp³-hybridized carbons (Fsp3) is 0.789. The van der Waals surface area contributed by atoms with Crippen molar-refractivity contribution in [3.05, 3.63) is 17.5 Å². The molecule has 4 nitrogen and oxygen atoms in total. The molecule has 4 heteroatoms. The van der Waals surface area contributed by atoms with E-state index in [1.165, 1.54) is 64.2 Å². The van der Waals surface area contributed by atoms with Crippen molar-refractivity contribution < 1.29 is 14.1 Å². The highest BCUT2D eigenvalue weighted by Gasteiger charge is 2.12. The molecule has 0 aliphatic heterocycles. The summed E-state index contributed by atoms with van der Waals surface area (Å²) in [5.41, 5.74) is 0.282. The summed E-state index contributed by atoms with van der Waals surface area (Å²) in [6.07, 6.45) is 15.4. The van der Waals surface area contributed by atoms with Gasteiger partial charge in [-0.3, -0.25) is 0 Å². The van der Waals surface area contributed by atoms with Crippen LogP contribution in [0.5, 0.6) is 0 Å². The number of ether oxygens (including phenoxy) is 1. The van der Waals surface area contributed by atoms with Crippen molar-refractivity contribution in [3.8, 4) is 0 Å². The maximum atomic E-state index is 11.5. The molecule has 0 saturated heterocycles. The lowest BCUT2D eigenvalue weighted by Gasteiger charge is -2.01. The predicted molar refractivity (Wildman–Crippen MR) is 92.6 cm³/mol. The molecule has 0 unspecified atom stereocenters. The second-order valence-electron chi connectivity index (χ2n) is 6.18. The van der Waals surface area contributed by atoms with Gasteiger partial charge in [-0.05, 0) is 13.3 Å². The lowest BCUT2D eigenvalue weighted by Crippen LogP contribution is -2.04. The maximum absolute atomic E-state index is 11.5. The Bertz CT molecular complexity index is 415. The van der Waals surface area contributed by atoms with Gasteiger partial charge in [-0.15, -0.1) is 0 Å². The Hall–Kier alpha value is -1.32. The largest absolute Gasteiger partial charge is 0.461 e. The highest BCUT2D eigenvalue weighted by molar-refractivity contribution is 5.87. The number of hydrogen-bond acceptors (Lipinski definition) is 4. The third kappa shape index (κ3) is 9.42. The van der Waals surface area contributed by atoms with Crippen molar-refractivity contribution in [3.63, 3.8) is 0 Å². The zero-order chi connectivity index (χ0) is 16.8. The molecular weight excluding hydrogens is 290 g/mol. The maximum Gasteiger partial charge on any atom is 0.360 e. The van der Waals surface area contributed by atoms with E-state index in [0.717, 1.165) is 18.6 Å². The summed E-state index contributed by atoms with van der Waals surface area (Å²) < 4.78 is 10.1. The molecule has 0 spiro atoms. The number of esters is 1. The molecule has 0 amide bonds. The first kappa shape index (κ1) is 19.7. The van der Waals surface area contributed by atoms with Crippen LogP contribution in [-0.2, 0) is 11.2 Å². The number of nitrogens with zero attached hydrogens (tertiary/aromatic N) is 1. The first-order valence-corrected chi connectivity index (χ1v) is 9.40. The summed E-state index contributed by atoms with van der Waals surface area (Å²) in [6.45, 7) is 4.40. The summed E-state index contributed by atoms with van der Waals surface area (Å²) in [5.74, 6) is 0.380. The van der Waals surface area contributed by atoms with Crippen molar-refractivity contribution in [1.29, 1.82) is 0 Å². The van der Waals surface area contributed by atoms with Crippen molar-refractivity contribution in [1.82, 2.24) is 5.16 Å². The zero-order valence-electron chi connectivity index (χ0n) is 14.9. The SMILES string of the molecule is CCCCCCCCCCCCCc1cc(C(=O)OCC)no1. The average molecular weight is 323 g/mol. The molecule has 1 aromatic heterocycles. The van der Waals surface area contributed by atoms with Gasteiger partial charge in [0, 0.05) is 12.5 Å². The van der Waals surface area contributed by atoms with E-state index in [1.54, 1.807) is 13.0 Å². The van der Waals surface area contributed by atoms with Crippen LogP contribution in [0.3, 0.4) is 0 Å². The number of hydrogen-bond donors (Lipinski definition) is 0. The Morgan fingerprint density at radius 3 is 2.09 bits per heavy atom. The summed E-state index contributed by atoms with van der Waals surface area (Å²) >= 11 is 0. The minimum Gasteiger partial charge on any atom is -0.461 e. The lowest BCUT2D eigenvalue weighted by molar-refractivity contribution is 0.0514. The van der Waals surface area contributed by atoms with E-state index < -0.39 is 5.97 Å². The van der Waals surface area contributed by atoms with E-state index in [2.05, 4.69) is 12.1 Å². The zero-order valence-corrected chi connectivity index (χ0v) is 14.9. The molecule has 0 fully saturated rings. The normalized spacial score (nSPS) is 10.9. The first-order valence-electron chi connectivity index (χ1n) is 9.40. The summed E-state index contributed by atoms with van der Waals surface area (Å²) in [4.78, 5) is 11.5. The molecule has 0 saturated carbocycles. The number of aromatic nitrogens is 1. The summed E-state index contributed by atoms with van der Waals surface area (Å²) in [5, 5.41) is 3.76. The standard InChI is InChI=1S/C19H33NO3/c1-3-5-6-7-8-9-10-11-12-13-14-15-17-16-18(20-23-17)19(21)22-4-2/h16H,3-15H2,1-2H3. The van der Waals surface area contributed by atoms with Gasteiger partial charge in [0.15, 0.2) is 5.69 Å². The van der Waals surface area contributed by atoms with Gasteiger partial charge in [0.25, 0.3) is 0 Å². The van der Waals surface area contributed by atoms with Gasteiger partial charge in [0.2, 0.25) is 0 Å². The molecule has 0 aromatic carbocycles. The number of rotatable bonds is 14. The Morgan fingerprint density at radius 1 is 0.957 bits per heavy atom. The number of carbonyl (C=O) groups excluding carboxylic acids is 1. The van der Waals surface area contributed by atoms with Crippen LogP contribution < -0.4 is 0 Å². The summed E-state index contributed by atoms with van der Waals surface area (Å²) in [6, 6.07) is 1.70. The van der Waals surface area contributed by atoms with Crippen LogP contribution in [0.1, 0.15) is 101 Å². The molecule has 23 heavy (non-hydrogen) atoms. The predicted octanol–water partition coefficient (Wildman–Crippen LogP) is 5.70. The van der Waals surface area contributed by atoms with Gasteiger partial charge in [-0.25, -0.2) is 4.79 Å². The quantitative estimate of drug-likeness (QED) is 0.325. The van der Waals surface area contributed by atoms with Gasteiger partial charge in [-0.2, -0.15) is 0 Å². The molecule has 0 radical (unpaired) electrons.